The number of allylic oxidation sites excluding steroid dienone is 2. The van der Waals surface area contributed by atoms with E-state index in [4.69, 9.17) is 24.8 Å². The predicted octanol–water partition coefficient (Wildman–Crippen LogP) is 10.1. The summed E-state index contributed by atoms with van der Waals surface area (Å²) in [6.45, 7) is 2.76. The van der Waals surface area contributed by atoms with Gasteiger partial charge in [0.2, 0.25) is 0 Å². The zero-order chi connectivity index (χ0) is 37.8. The van der Waals surface area contributed by atoms with Crippen molar-refractivity contribution >= 4 is 25.7 Å². The minimum atomic E-state index is -4.71. The zero-order valence-electron chi connectivity index (χ0n) is 32.2. The number of carboxylic acids is 1. The van der Waals surface area contributed by atoms with Crippen molar-refractivity contribution < 1.29 is 47.5 Å². The zero-order valence-corrected chi connectivity index (χ0v) is 33.1. The van der Waals surface area contributed by atoms with Gasteiger partial charge in [0, 0.05) is 12.8 Å². The van der Waals surface area contributed by atoms with Crippen LogP contribution in [0.15, 0.2) is 12.2 Å². The number of unbranched alkanes of at least 4 members (excludes halogenated alkanes) is 22. The third-order valence-electron chi connectivity index (χ3n) is 8.78. The monoisotopic (exact) mass is 748 g/mol. The number of nitrogens with two attached hydrogens (primary N) is 1. The van der Waals surface area contributed by atoms with E-state index in [1.807, 2.05) is 6.08 Å². The van der Waals surface area contributed by atoms with Crippen molar-refractivity contribution in [1.82, 2.24) is 0 Å². The van der Waals surface area contributed by atoms with Gasteiger partial charge in [-0.2, -0.15) is 0 Å². The van der Waals surface area contributed by atoms with Crippen LogP contribution < -0.4 is 5.73 Å². The van der Waals surface area contributed by atoms with Crippen molar-refractivity contribution in [3.05, 3.63) is 12.2 Å². The summed E-state index contributed by atoms with van der Waals surface area (Å²) >= 11 is 0. The molecular weight excluding hydrogens is 673 g/mol. The van der Waals surface area contributed by atoms with E-state index >= 15 is 0 Å². The van der Waals surface area contributed by atoms with Gasteiger partial charge in [0.25, 0.3) is 0 Å². The summed E-state index contributed by atoms with van der Waals surface area (Å²) in [4.78, 5) is 45.7. The molecular formula is C39H74NO10P. The van der Waals surface area contributed by atoms with Gasteiger partial charge >= 0.3 is 25.7 Å². The molecule has 11 nitrogen and oxygen atoms in total. The first-order chi connectivity index (χ1) is 24.6. The molecule has 1 unspecified atom stereocenters. The third kappa shape index (κ3) is 35.0. The smallest absolute Gasteiger partial charge is 0.472 e. The first-order valence-electron chi connectivity index (χ1n) is 20.2. The second kappa shape index (κ2) is 35.3. The normalized spacial score (nSPS) is 14.0. The lowest BCUT2D eigenvalue weighted by Crippen LogP contribution is -2.34. The molecule has 300 valence electrons. The first kappa shape index (κ1) is 49.2. The Morgan fingerprint density at radius 1 is 0.588 bits per heavy atom. The molecule has 0 aliphatic rings. The van der Waals surface area contributed by atoms with Crippen LogP contribution >= 0.6 is 7.82 Å². The summed E-state index contributed by atoms with van der Waals surface area (Å²) < 4.78 is 32.5. The van der Waals surface area contributed by atoms with Crippen LogP contribution in [0.4, 0.5) is 0 Å². The van der Waals surface area contributed by atoms with Gasteiger partial charge in [-0.3, -0.25) is 23.4 Å². The summed E-state index contributed by atoms with van der Waals surface area (Å²) in [5.41, 5.74) is 5.32. The SMILES string of the molecule is CCCCCCCCCCCCC/C=C/CCC(=O)O[C@H](COC(=O)CCCCCCCCCCCCCC)COP(=O)(O)OC[C@H](N)C(=O)O. The number of hydrogen-bond acceptors (Lipinski definition) is 9. The Hall–Kier alpha value is -1.78. The maximum atomic E-state index is 12.5. The second-order valence-corrected chi connectivity index (χ2v) is 15.2. The van der Waals surface area contributed by atoms with Crippen molar-refractivity contribution in [1.29, 1.82) is 0 Å². The van der Waals surface area contributed by atoms with Crippen LogP contribution in [0.5, 0.6) is 0 Å². The standard InChI is InChI=1S/C39H74NO10P/c1-3-5-7-9-11-13-15-17-18-19-21-23-25-27-29-31-38(42)50-35(33-48-51(45,46)49-34-36(40)39(43)44)32-47-37(41)30-28-26-24-22-20-16-14-12-10-8-6-4-2/h25,27,35-36H,3-24,26,28-34,40H2,1-2H3,(H,43,44)(H,45,46)/b27-25+/t35-,36+/m1/s1. The van der Waals surface area contributed by atoms with Gasteiger partial charge in [0.15, 0.2) is 6.10 Å². The van der Waals surface area contributed by atoms with Crippen molar-refractivity contribution in [3.63, 3.8) is 0 Å². The molecule has 0 saturated carbocycles. The molecule has 0 aromatic heterocycles. The molecule has 0 aliphatic carbocycles. The summed E-state index contributed by atoms with van der Waals surface area (Å²) in [5, 5.41) is 8.86. The highest BCUT2D eigenvalue weighted by Crippen LogP contribution is 2.43. The average Bonchev–Trinajstić information content (AvgIpc) is 3.10. The quantitative estimate of drug-likeness (QED) is 0.0237. The number of carboxylic acid groups (broad SMARTS) is 1. The summed E-state index contributed by atoms with van der Waals surface area (Å²) in [7, 11) is -4.71. The topological polar surface area (TPSA) is 172 Å². The van der Waals surface area contributed by atoms with Gasteiger partial charge in [-0.15, -0.1) is 0 Å². The van der Waals surface area contributed by atoms with Gasteiger partial charge in [0.1, 0.15) is 12.6 Å². The number of carbonyl (C=O) groups excluding carboxylic acids is 2. The molecule has 0 aromatic rings. The molecule has 0 heterocycles. The van der Waals surface area contributed by atoms with E-state index in [1.54, 1.807) is 0 Å². The highest BCUT2D eigenvalue weighted by molar-refractivity contribution is 7.47. The maximum Gasteiger partial charge on any atom is 0.472 e. The number of phosphoric acid groups is 1. The molecule has 0 spiro atoms. The van der Waals surface area contributed by atoms with E-state index in [1.165, 1.54) is 116 Å². The molecule has 3 atom stereocenters. The Bertz CT molecular complexity index is 932. The molecule has 0 aliphatic heterocycles. The number of esters is 2. The molecule has 0 saturated heterocycles. The molecule has 0 aromatic carbocycles. The lowest BCUT2D eigenvalue weighted by atomic mass is 10.0. The fourth-order valence-electron chi connectivity index (χ4n) is 5.55. The largest absolute Gasteiger partial charge is 0.480 e. The van der Waals surface area contributed by atoms with E-state index in [2.05, 4.69) is 24.4 Å². The molecule has 4 N–H and O–H groups in total. The molecule has 0 rings (SSSR count). The van der Waals surface area contributed by atoms with Crippen LogP contribution in [0.1, 0.15) is 187 Å². The highest BCUT2D eigenvalue weighted by Gasteiger charge is 2.28. The van der Waals surface area contributed by atoms with Crippen LogP contribution in [0.3, 0.4) is 0 Å². The van der Waals surface area contributed by atoms with Gasteiger partial charge in [-0.1, -0.05) is 161 Å². The highest BCUT2D eigenvalue weighted by atomic mass is 31.2. The Kier molecular flexibility index (Phi) is 34.0. The Morgan fingerprint density at radius 3 is 1.51 bits per heavy atom. The Morgan fingerprint density at radius 2 is 1.02 bits per heavy atom. The molecule has 0 fully saturated rings. The minimum Gasteiger partial charge on any atom is -0.480 e. The van der Waals surface area contributed by atoms with Crippen LogP contribution in [0, 0.1) is 0 Å². The van der Waals surface area contributed by atoms with E-state index in [0.29, 0.717) is 12.8 Å². The Labute approximate surface area is 309 Å². The fraction of sp³-hybridized carbons (Fsp3) is 0.872. The first-order valence-corrected chi connectivity index (χ1v) is 21.7. The lowest BCUT2D eigenvalue weighted by molar-refractivity contribution is -0.161. The number of phosphoric ester groups is 1. The van der Waals surface area contributed by atoms with Crippen molar-refractivity contribution in [2.45, 2.75) is 199 Å². The summed E-state index contributed by atoms with van der Waals surface area (Å²) in [6.07, 6.45) is 32.9. The molecule has 0 radical (unpaired) electrons. The van der Waals surface area contributed by atoms with E-state index in [9.17, 15) is 23.8 Å². The van der Waals surface area contributed by atoms with Gasteiger partial charge in [-0.05, 0) is 25.7 Å². The van der Waals surface area contributed by atoms with Crippen LogP contribution in [0.2, 0.25) is 0 Å². The van der Waals surface area contributed by atoms with E-state index in [0.717, 1.165) is 32.1 Å². The maximum absolute atomic E-state index is 12.5. The van der Waals surface area contributed by atoms with Gasteiger partial charge < -0.3 is 25.2 Å². The summed E-state index contributed by atoms with van der Waals surface area (Å²) in [5.74, 6) is -2.43. The number of rotatable bonds is 38. The van der Waals surface area contributed by atoms with Crippen molar-refractivity contribution in [2.75, 3.05) is 19.8 Å². The lowest BCUT2D eigenvalue weighted by Gasteiger charge is -2.20. The van der Waals surface area contributed by atoms with Crippen LogP contribution in [-0.2, 0) is 37.5 Å². The van der Waals surface area contributed by atoms with Gasteiger partial charge in [-0.25, -0.2) is 4.57 Å². The number of hydrogen-bond donors (Lipinski definition) is 3. The second-order valence-electron chi connectivity index (χ2n) is 13.8. The molecule has 0 amide bonds. The van der Waals surface area contributed by atoms with Crippen LogP contribution in [0.25, 0.3) is 0 Å². The average molecular weight is 748 g/mol. The van der Waals surface area contributed by atoms with Gasteiger partial charge in [0.05, 0.1) is 13.2 Å². The number of ether oxygens (including phenoxy) is 2. The van der Waals surface area contributed by atoms with E-state index in [-0.39, 0.29) is 19.4 Å². The summed E-state index contributed by atoms with van der Waals surface area (Å²) in [6, 6.07) is -1.52. The molecule has 0 bridgehead atoms. The minimum absolute atomic E-state index is 0.0822. The van der Waals surface area contributed by atoms with Crippen molar-refractivity contribution in [3.8, 4) is 0 Å². The predicted molar refractivity (Wildman–Crippen MR) is 203 cm³/mol. The van der Waals surface area contributed by atoms with Crippen LogP contribution in [-0.4, -0.2) is 59.9 Å². The molecule has 12 heteroatoms. The third-order valence-corrected chi connectivity index (χ3v) is 9.73. The van der Waals surface area contributed by atoms with Crippen molar-refractivity contribution in [2.24, 2.45) is 5.73 Å². The Balaban J connectivity index is 4.43. The number of carbonyl (C=O) groups is 3. The number of aliphatic carboxylic acids is 1. The van der Waals surface area contributed by atoms with E-state index < -0.39 is 51.1 Å². The molecule has 51 heavy (non-hydrogen) atoms. The fourth-order valence-corrected chi connectivity index (χ4v) is 6.33.